The number of ketones is 1. The third kappa shape index (κ3) is 3.71. The number of ether oxygens (including phenoxy) is 2. The largest absolute Gasteiger partial charge is 0.507 e. The Hall–Kier alpha value is -4.13. The molecule has 3 aromatic rings. The number of benzene rings is 2. The van der Waals surface area contributed by atoms with E-state index in [1.807, 2.05) is 12.1 Å². The first kappa shape index (κ1) is 20.8. The maximum Gasteiger partial charge on any atom is 0.296 e. The van der Waals surface area contributed by atoms with Crippen molar-refractivity contribution in [1.29, 1.82) is 0 Å². The van der Waals surface area contributed by atoms with Gasteiger partial charge in [0, 0.05) is 18.2 Å². The van der Waals surface area contributed by atoms with Crippen LogP contribution in [-0.2, 0) is 22.6 Å². The smallest absolute Gasteiger partial charge is 0.296 e. The van der Waals surface area contributed by atoms with E-state index in [-0.39, 0.29) is 17.9 Å². The lowest BCUT2D eigenvalue weighted by Crippen LogP contribution is -2.29. The Labute approximate surface area is 190 Å². The summed E-state index contributed by atoms with van der Waals surface area (Å²) in [5.74, 6) is -0.172. The molecule has 166 valence electrons. The molecular weight excluding hydrogens is 420 g/mol. The molecule has 7 nitrogen and oxygen atoms in total. The van der Waals surface area contributed by atoms with E-state index < -0.39 is 17.7 Å². The van der Waals surface area contributed by atoms with Gasteiger partial charge in [-0.25, -0.2) is 0 Å². The zero-order chi connectivity index (χ0) is 22.9. The van der Waals surface area contributed by atoms with Crippen molar-refractivity contribution in [1.82, 2.24) is 9.88 Å². The number of aliphatic hydroxyl groups is 1. The van der Waals surface area contributed by atoms with E-state index in [4.69, 9.17) is 9.47 Å². The Morgan fingerprint density at radius 1 is 1.15 bits per heavy atom. The van der Waals surface area contributed by atoms with Crippen molar-refractivity contribution >= 4 is 17.4 Å². The second kappa shape index (κ2) is 8.43. The van der Waals surface area contributed by atoms with Gasteiger partial charge in [-0.2, -0.15) is 0 Å². The molecule has 33 heavy (non-hydrogen) atoms. The molecule has 1 unspecified atom stereocenters. The van der Waals surface area contributed by atoms with Crippen LogP contribution in [0.1, 0.15) is 28.4 Å². The second-order valence-corrected chi connectivity index (χ2v) is 7.94. The molecular formula is C26H22N2O5. The minimum absolute atomic E-state index is 0.0555. The Kier molecular flexibility index (Phi) is 5.30. The van der Waals surface area contributed by atoms with Crippen LogP contribution in [-0.4, -0.2) is 40.4 Å². The highest BCUT2D eigenvalue weighted by molar-refractivity contribution is 6.46. The van der Waals surface area contributed by atoms with E-state index in [1.165, 1.54) is 4.90 Å². The Bertz CT molecular complexity index is 1250. The molecule has 1 aromatic heterocycles. The van der Waals surface area contributed by atoms with Gasteiger partial charge >= 0.3 is 0 Å². The summed E-state index contributed by atoms with van der Waals surface area (Å²) in [5.41, 5.74) is 2.83. The summed E-state index contributed by atoms with van der Waals surface area (Å²) >= 11 is 0. The van der Waals surface area contributed by atoms with Crippen LogP contribution in [0.15, 0.2) is 72.4 Å². The number of hydrogen-bond donors (Lipinski definition) is 1. The average Bonchev–Trinajstić information content (AvgIpc) is 3.42. The minimum atomic E-state index is -0.762. The molecule has 2 aromatic carbocycles. The van der Waals surface area contributed by atoms with Gasteiger partial charge in [0.05, 0.1) is 37.6 Å². The van der Waals surface area contributed by atoms with E-state index in [0.717, 1.165) is 17.7 Å². The fourth-order valence-corrected chi connectivity index (χ4v) is 4.33. The maximum atomic E-state index is 13.2. The summed E-state index contributed by atoms with van der Waals surface area (Å²) in [6.45, 7) is 0.719. The van der Waals surface area contributed by atoms with Crippen LogP contribution < -0.4 is 9.47 Å². The highest BCUT2D eigenvalue weighted by Gasteiger charge is 2.46. The Balaban J connectivity index is 1.63. The van der Waals surface area contributed by atoms with Crippen molar-refractivity contribution in [2.75, 3.05) is 13.7 Å². The van der Waals surface area contributed by atoms with Crippen molar-refractivity contribution in [2.45, 2.75) is 19.0 Å². The molecule has 1 atom stereocenters. The highest BCUT2D eigenvalue weighted by atomic mass is 16.5. The number of methoxy groups -OCH3 is 1. The van der Waals surface area contributed by atoms with Crippen LogP contribution >= 0.6 is 0 Å². The zero-order valence-corrected chi connectivity index (χ0v) is 18.0. The van der Waals surface area contributed by atoms with Crippen LogP contribution in [0, 0.1) is 0 Å². The highest BCUT2D eigenvalue weighted by Crippen LogP contribution is 2.41. The van der Waals surface area contributed by atoms with Crippen LogP contribution in [0.5, 0.6) is 11.5 Å². The molecule has 2 aliphatic rings. The summed E-state index contributed by atoms with van der Waals surface area (Å²) < 4.78 is 10.8. The number of amides is 1. The third-order valence-corrected chi connectivity index (χ3v) is 5.99. The first-order valence-electron chi connectivity index (χ1n) is 10.6. The van der Waals surface area contributed by atoms with Gasteiger partial charge in [-0.05, 0) is 53.6 Å². The van der Waals surface area contributed by atoms with Gasteiger partial charge in [0.25, 0.3) is 11.7 Å². The first-order chi connectivity index (χ1) is 16.1. The lowest BCUT2D eigenvalue weighted by molar-refractivity contribution is -0.140. The number of fused-ring (bicyclic) bond motifs is 1. The van der Waals surface area contributed by atoms with E-state index in [2.05, 4.69) is 4.98 Å². The number of hydrogen-bond acceptors (Lipinski definition) is 6. The third-order valence-electron chi connectivity index (χ3n) is 5.99. The quantitative estimate of drug-likeness (QED) is 0.369. The summed E-state index contributed by atoms with van der Waals surface area (Å²) in [4.78, 5) is 32.1. The van der Waals surface area contributed by atoms with Gasteiger partial charge in [-0.1, -0.05) is 18.2 Å². The van der Waals surface area contributed by atoms with Crippen molar-refractivity contribution in [3.05, 3.63) is 94.8 Å². The zero-order valence-electron chi connectivity index (χ0n) is 18.0. The average molecular weight is 442 g/mol. The molecule has 1 saturated heterocycles. The number of aromatic nitrogens is 1. The van der Waals surface area contributed by atoms with Crippen molar-refractivity contribution in [3.63, 3.8) is 0 Å². The molecule has 1 N–H and O–H groups in total. The predicted octanol–water partition coefficient (Wildman–Crippen LogP) is 3.65. The SMILES string of the molecule is COc1ccc(C2/C(=C(/O)c3ccc4c(c3)CCO4)C(=O)C(=O)N2Cc2ccccn2)cc1. The van der Waals surface area contributed by atoms with Gasteiger partial charge in [0.15, 0.2) is 0 Å². The Morgan fingerprint density at radius 3 is 2.70 bits per heavy atom. The standard InChI is InChI=1S/C26H22N2O5/c1-32-20-8-5-16(6-9-20)23-22(24(29)18-7-10-21-17(14-18)11-13-33-21)25(30)26(31)28(23)15-19-4-2-3-12-27-19/h2-10,12,14,23,29H,11,13,15H2,1H3/b24-22-. The van der Waals surface area contributed by atoms with Gasteiger partial charge < -0.3 is 19.5 Å². The van der Waals surface area contributed by atoms with E-state index in [0.29, 0.717) is 29.2 Å². The van der Waals surface area contributed by atoms with Crippen LogP contribution in [0.4, 0.5) is 0 Å². The monoisotopic (exact) mass is 442 g/mol. The molecule has 0 aliphatic carbocycles. The minimum Gasteiger partial charge on any atom is -0.507 e. The lowest BCUT2D eigenvalue weighted by Gasteiger charge is -2.25. The summed E-state index contributed by atoms with van der Waals surface area (Å²) in [6.07, 6.45) is 2.37. The predicted molar refractivity (Wildman–Crippen MR) is 121 cm³/mol. The van der Waals surface area contributed by atoms with Crippen molar-refractivity contribution in [3.8, 4) is 11.5 Å². The molecule has 3 heterocycles. The number of carbonyl (C=O) groups is 2. The van der Waals surface area contributed by atoms with Crippen LogP contribution in [0.2, 0.25) is 0 Å². The van der Waals surface area contributed by atoms with E-state index in [1.54, 1.807) is 61.8 Å². The van der Waals surface area contributed by atoms with Gasteiger partial charge in [0.2, 0.25) is 0 Å². The number of likely N-dealkylation sites (tertiary alicyclic amines) is 1. The van der Waals surface area contributed by atoms with Crippen molar-refractivity contribution < 1.29 is 24.2 Å². The summed E-state index contributed by atoms with van der Waals surface area (Å²) in [5, 5.41) is 11.3. The Morgan fingerprint density at radius 2 is 1.97 bits per heavy atom. The van der Waals surface area contributed by atoms with Crippen LogP contribution in [0.3, 0.4) is 0 Å². The molecule has 2 aliphatic heterocycles. The van der Waals surface area contributed by atoms with Gasteiger partial charge in [-0.15, -0.1) is 0 Å². The normalized spacial score (nSPS) is 18.8. The number of aliphatic hydroxyl groups excluding tert-OH is 1. The molecule has 1 fully saturated rings. The van der Waals surface area contributed by atoms with Crippen molar-refractivity contribution in [2.24, 2.45) is 0 Å². The fourth-order valence-electron chi connectivity index (χ4n) is 4.33. The van der Waals surface area contributed by atoms with Crippen LogP contribution in [0.25, 0.3) is 5.76 Å². The number of carbonyl (C=O) groups excluding carboxylic acids is 2. The molecule has 0 bridgehead atoms. The molecule has 0 saturated carbocycles. The molecule has 5 rings (SSSR count). The number of rotatable bonds is 5. The molecule has 1 amide bonds. The summed E-state index contributed by atoms with van der Waals surface area (Å²) in [6, 6.07) is 17.1. The van der Waals surface area contributed by atoms with E-state index >= 15 is 0 Å². The van der Waals surface area contributed by atoms with E-state index in [9.17, 15) is 14.7 Å². The lowest BCUT2D eigenvalue weighted by atomic mass is 9.94. The first-order valence-corrected chi connectivity index (χ1v) is 10.6. The fraction of sp³-hybridized carbons (Fsp3) is 0.192. The topological polar surface area (TPSA) is 89.0 Å². The summed E-state index contributed by atoms with van der Waals surface area (Å²) in [7, 11) is 1.57. The number of Topliss-reactive ketones (excluding diaryl/α,β-unsaturated/α-hetero) is 1. The maximum absolute atomic E-state index is 13.2. The number of pyridine rings is 1. The molecule has 0 spiro atoms. The van der Waals surface area contributed by atoms with Gasteiger partial charge in [-0.3, -0.25) is 14.6 Å². The second-order valence-electron chi connectivity index (χ2n) is 7.94. The van der Waals surface area contributed by atoms with Gasteiger partial charge in [0.1, 0.15) is 17.3 Å². The number of nitrogens with zero attached hydrogens (tertiary/aromatic N) is 2. The molecule has 0 radical (unpaired) electrons. The molecule has 7 heteroatoms.